The molecule has 90 valence electrons. The summed E-state index contributed by atoms with van der Waals surface area (Å²) >= 11 is 0. The summed E-state index contributed by atoms with van der Waals surface area (Å²) < 4.78 is 0. The van der Waals surface area contributed by atoms with E-state index in [0.29, 0.717) is 0 Å². The fraction of sp³-hybridized carbons (Fsp3) is 0.385. The van der Waals surface area contributed by atoms with Gasteiger partial charge in [-0.1, -0.05) is 18.2 Å². The number of anilines is 1. The highest BCUT2D eigenvalue weighted by Crippen LogP contribution is 2.35. The maximum Gasteiger partial charge on any atom is 0.230 e. The SMILES string of the molecule is CN(C)C(=O)C1CC(=O)N(C)c2ccccc21. The normalized spacial score (nSPS) is 18.9. The van der Waals surface area contributed by atoms with E-state index in [0.717, 1.165) is 11.3 Å². The molecule has 4 nitrogen and oxygen atoms in total. The molecule has 2 rings (SSSR count). The molecule has 17 heavy (non-hydrogen) atoms. The van der Waals surface area contributed by atoms with Gasteiger partial charge in [0.1, 0.15) is 0 Å². The Morgan fingerprint density at radius 2 is 2.00 bits per heavy atom. The molecule has 0 saturated heterocycles. The molecule has 1 aliphatic rings. The van der Waals surface area contributed by atoms with Crippen molar-refractivity contribution in [1.29, 1.82) is 0 Å². The Kier molecular flexibility index (Phi) is 2.88. The van der Waals surface area contributed by atoms with E-state index in [1.165, 1.54) is 0 Å². The summed E-state index contributed by atoms with van der Waals surface area (Å²) in [6.07, 6.45) is 0.254. The number of hydrogen-bond acceptors (Lipinski definition) is 2. The van der Waals surface area contributed by atoms with Gasteiger partial charge in [-0.15, -0.1) is 0 Å². The van der Waals surface area contributed by atoms with E-state index < -0.39 is 0 Å². The third kappa shape index (κ3) is 1.90. The van der Waals surface area contributed by atoms with Crippen LogP contribution in [-0.4, -0.2) is 37.9 Å². The van der Waals surface area contributed by atoms with E-state index in [9.17, 15) is 9.59 Å². The minimum absolute atomic E-state index is 0.0103. The van der Waals surface area contributed by atoms with Gasteiger partial charge in [-0.25, -0.2) is 0 Å². The zero-order valence-electron chi connectivity index (χ0n) is 10.3. The zero-order chi connectivity index (χ0) is 12.6. The van der Waals surface area contributed by atoms with Gasteiger partial charge in [0.05, 0.1) is 5.92 Å². The first-order valence-corrected chi connectivity index (χ1v) is 5.59. The van der Waals surface area contributed by atoms with Gasteiger partial charge in [0.25, 0.3) is 0 Å². The van der Waals surface area contributed by atoms with Crippen LogP contribution in [0.1, 0.15) is 17.9 Å². The van der Waals surface area contributed by atoms with Gasteiger partial charge in [-0.2, -0.15) is 0 Å². The third-order valence-electron chi connectivity index (χ3n) is 3.17. The van der Waals surface area contributed by atoms with Crippen molar-refractivity contribution in [2.24, 2.45) is 0 Å². The Bertz CT molecular complexity index is 468. The van der Waals surface area contributed by atoms with Crippen LogP contribution in [0.25, 0.3) is 0 Å². The monoisotopic (exact) mass is 232 g/mol. The second kappa shape index (κ2) is 4.20. The zero-order valence-corrected chi connectivity index (χ0v) is 10.3. The quantitative estimate of drug-likeness (QED) is 0.730. The molecule has 0 aromatic heterocycles. The van der Waals surface area contributed by atoms with E-state index in [4.69, 9.17) is 0 Å². The molecule has 0 aliphatic carbocycles. The lowest BCUT2D eigenvalue weighted by molar-refractivity contribution is -0.133. The highest BCUT2D eigenvalue weighted by molar-refractivity contribution is 6.02. The first-order valence-electron chi connectivity index (χ1n) is 5.59. The number of amides is 2. The van der Waals surface area contributed by atoms with Crippen molar-refractivity contribution < 1.29 is 9.59 Å². The van der Waals surface area contributed by atoms with Crippen molar-refractivity contribution in [3.05, 3.63) is 29.8 Å². The highest BCUT2D eigenvalue weighted by Gasteiger charge is 2.34. The minimum atomic E-state index is -0.343. The molecule has 0 fully saturated rings. The largest absolute Gasteiger partial charge is 0.348 e. The van der Waals surface area contributed by atoms with Crippen LogP contribution in [-0.2, 0) is 9.59 Å². The molecular weight excluding hydrogens is 216 g/mol. The standard InChI is InChI=1S/C13H16N2O2/c1-14(2)13(17)10-8-12(16)15(3)11-7-5-4-6-9(10)11/h4-7,10H,8H2,1-3H3. The van der Waals surface area contributed by atoms with E-state index in [1.54, 1.807) is 30.9 Å². The second-order valence-corrected chi connectivity index (χ2v) is 4.50. The van der Waals surface area contributed by atoms with Gasteiger partial charge in [0, 0.05) is 33.3 Å². The van der Waals surface area contributed by atoms with Crippen molar-refractivity contribution in [1.82, 2.24) is 4.90 Å². The predicted molar refractivity (Wildman–Crippen MR) is 65.9 cm³/mol. The van der Waals surface area contributed by atoms with Crippen LogP contribution in [0.2, 0.25) is 0 Å². The van der Waals surface area contributed by atoms with Gasteiger partial charge >= 0.3 is 0 Å². The van der Waals surface area contributed by atoms with E-state index >= 15 is 0 Å². The third-order valence-corrected chi connectivity index (χ3v) is 3.17. The summed E-state index contributed by atoms with van der Waals surface area (Å²) in [4.78, 5) is 27.1. The highest BCUT2D eigenvalue weighted by atomic mass is 16.2. The van der Waals surface area contributed by atoms with Gasteiger partial charge in [0.15, 0.2) is 0 Å². The molecule has 0 spiro atoms. The molecule has 1 heterocycles. The molecule has 0 bridgehead atoms. The lowest BCUT2D eigenvalue weighted by Crippen LogP contribution is -2.38. The number of likely N-dealkylation sites (N-methyl/N-ethyl adjacent to an activating group) is 1. The number of nitrogens with zero attached hydrogens (tertiary/aromatic N) is 2. The topological polar surface area (TPSA) is 40.6 Å². The maximum atomic E-state index is 12.1. The average molecular weight is 232 g/mol. The van der Waals surface area contributed by atoms with Gasteiger partial charge < -0.3 is 9.80 Å². The molecule has 1 unspecified atom stereocenters. The number of hydrogen-bond donors (Lipinski definition) is 0. The molecule has 1 aromatic rings. The van der Waals surface area contributed by atoms with E-state index in [-0.39, 0.29) is 24.2 Å². The maximum absolute atomic E-state index is 12.1. The Morgan fingerprint density at radius 1 is 1.35 bits per heavy atom. The number of rotatable bonds is 1. The first-order chi connectivity index (χ1) is 8.02. The van der Waals surface area contributed by atoms with Crippen molar-refractivity contribution in [2.45, 2.75) is 12.3 Å². The Labute approximate surface area is 101 Å². The molecule has 0 N–H and O–H groups in total. The second-order valence-electron chi connectivity index (χ2n) is 4.50. The Balaban J connectivity index is 2.47. The lowest BCUT2D eigenvalue weighted by Gasteiger charge is -2.32. The summed E-state index contributed by atoms with van der Waals surface area (Å²) in [6, 6.07) is 7.58. The molecule has 2 amide bonds. The fourth-order valence-electron chi connectivity index (χ4n) is 2.18. The summed E-state index contributed by atoms with van der Waals surface area (Å²) in [5.74, 6) is -0.368. The lowest BCUT2D eigenvalue weighted by atomic mass is 9.88. The molecule has 0 saturated carbocycles. The number of fused-ring (bicyclic) bond motifs is 1. The van der Waals surface area contributed by atoms with Crippen LogP contribution < -0.4 is 4.90 Å². The van der Waals surface area contributed by atoms with Crippen LogP contribution in [0.15, 0.2) is 24.3 Å². The summed E-state index contributed by atoms with van der Waals surface area (Å²) in [5.41, 5.74) is 1.78. The summed E-state index contributed by atoms with van der Waals surface area (Å²) in [5, 5.41) is 0. The van der Waals surface area contributed by atoms with Crippen molar-refractivity contribution >= 4 is 17.5 Å². The van der Waals surface area contributed by atoms with Crippen LogP contribution in [0.4, 0.5) is 5.69 Å². The number of carbonyl (C=O) groups is 2. The van der Waals surface area contributed by atoms with Crippen LogP contribution in [0, 0.1) is 0 Å². The van der Waals surface area contributed by atoms with Gasteiger partial charge in [0.2, 0.25) is 11.8 Å². The van der Waals surface area contributed by atoms with Crippen LogP contribution in [0.3, 0.4) is 0 Å². The molecule has 0 radical (unpaired) electrons. The predicted octanol–water partition coefficient (Wildman–Crippen LogP) is 1.22. The van der Waals surface area contributed by atoms with E-state index in [1.807, 2.05) is 24.3 Å². The van der Waals surface area contributed by atoms with Crippen molar-refractivity contribution in [3.8, 4) is 0 Å². The van der Waals surface area contributed by atoms with Gasteiger partial charge in [-0.3, -0.25) is 9.59 Å². The number of carbonyl (C=O) groups excluding carboxylic acids is 2. The van der Waals surface area contributed by atoms with E-state index in [2.05, 4.69) is 0 Å². The van der Waals surface area contributed by atoms with Crippen LogP contribution >= 0.6 is 0 Å². The van der Waals surface area contributed by atoms with Crippen LogP contribution in [0.5, 0.6) is 0 Å². The Hall–Kier alpha value is -1.84. The smallest absolute Gasteiger partial charge is 0.230 e. The summed E-state index contributed by atoms with van der Waals surface area (Å²) in [7, 11) is 5.18. The average Bonchev–Trinajstić information content (AvgIpc) is 2.33. The van der Waals surface area contributed by atoms with Gasteiger partial charge in [-0.05, 0) is 11.6 Å². The Morgan fingerprint density at radius 3 is 2.65 bits per heavy atom. The number of benzene rings is 1. The summed E-state index contributed by atoms with van der Waals surface area (Å²) in [6.45, 7) is 0. The molecule has 4 heteroatoms. The van der Waals surface area contributed by atoms with Crippen molar-refractivity contribution in [2.75, 3.05) is 26.0 Å². The number of para-hydroxylation sites is 1. The molecule has 1 aliphatic heterocycles. The minimum Gasteiger partial charge on any atom is -0.348 e. The first kappa shape index (κ1) is 11.6. The molecule has 1 aromatic carbocycles. The van der Waals surface area contributed by atoms with Crippen molar-refractivity contribution in [3.63, 3.8) is 0 Å². The fourth-order valence-corrected chi connectivity index (χ4v) is 2.18. The molecular formula is C13H16N2O2. The molecule has 1 atom stereocenters.